The Bertz CT molecular complexity index is 818. The maximum atomic E-state index is 14.5. The lowest BCUT2D eigenvalue weighted by molar-refractivity contribution is 0.523. The van der Waals surface area contributed by atoms with E-state index in [0.29, 0.717) is 22.0 Å². The summed E-state index contributed by atoms with van der Waals surface area (Å²) in [6.45, 7) is 1.99. The van der Waals surface area contributed by atoms with Crippen molar-refractivity contribution in [2.45, 2.75) is 19.8 Å². The Labute approximate surface area is 144 Å². The lowest BCUT2D eigenvalue weighted by atomic mass is 9.86. The van der Waals surface area contributed by atoms with Crippen LogP contribution in [0.4, 0.5) is 8.78 Å². The molecule has 0 N–H and O–H groups in total. The second-order valence-electron chi connectivity index (χ2n) is 5.57. The molecule has 0 bridgehead atoms. The lowest BCUT2D eigenvalue weighted by Crippen LogP contribution is -2.01. The van der Waals surface area contributed by atoms with Crippen LogP contribution in [0.3, 0.4) is 0 Å². The summed E-state index contributed by atoms with van der Waals surface area (Å²) in [7, 11) is 0. The first kappa shape index (κ1) is 16.2. The zero-order chi connectivity index (χ0) is 16.6. The van der Waals surface area contributed by atoms with Gasteiger partial charge in [-0.25, -0.2) is 8.78 Å². The number of hydrogen-bond donors (Lipinski definition) is 0. The van der Waals surface area contributed by atoms with Gasteiger partial charge in [-0.15, -0.1) is 0 Å². The molecule has 0 unspecified atom stereocenters. The van der Waals surface area contributed by atoms with Crippen molar-refractivity contribution in [3.05, 3.63) is 80.9 Å². The van der Waals surface area contributed by atoms with Crippen LogP contribution in [0.2, 0.25) is 10.0 Å². The zero-order valence-electron chi connectivity index (χ0n) is 12.5. The summed E-state index contributed by atoms with van der Waals surface area (Å²) >= 11 is 12.0. The molecule has 0 saturated carbocycles. The Kier molecular flexibility index (Phi) is 4.56. The highest BCUT2D eigenvalue weighted by molar-refractivity contribution is 6.42. The molecular weight excluding hydrogens is 337 g/mol. The van der Waals surface area contributed by atoms with Crippen molar-refractivity contribution in [2.24, 2.45) is 0 Å². The van der Waals surface area contributed by atoms with Gasteiger partial charge in [-0.2, -0.15) is 0 Å². The SMILES string of the molecule is Cc1ccc(C2=C(c3ccc(Cl)c(Cl)c3)C(F)=C(F)CC2)cc1. The molecule has 0 aliphatic heterocycles. The molecule has 0 amide bonds. The maximum absolute atomic E-state index is 14.5. The molecule has 0 atom stereocenters. The molecule has 118 valence electrons. The molecule has 1 aliphatic carbocycles. The highest BCUT2D eigenvalue weighted by Crippen LogP contribution is 2.43. The van der Waals surface area contributed by atoms with E-state index in [1.807, 2.05) is 31.2 Å². The molecule has 2 aromatic carbocycles. The quantitative estimate of drug-likeness (QED) is 0.539. The third-order valence-electron chi connectivity index (χ3n) is 3.96. The van der Waals surface area contributed by atoms with Crippen LogP contribution in [0, 0.1) is 6.92 Å². The monoisotopic (exact) mass is 350 g/mol. The number of rotatable bonds is 2. The van der Waals surface area contributed by atoms with Gasteiger partial charge in [-0.3, -0.25) is 0 Å². The fourth-order valence-corrected chi connectivity index (χ4v) is 3.03. The number of allylic oxidation sites excluding steroid dienone is 4. The fraction of sp³-hybridized carbons (Fsp3) is 0.158. The number of hydrogen-bond acceptors (Lipinski definition) is 0. The van der Waals surface area contributed by atoms with E-state index in [1.165, 1.54) is 0 Å². The van der Waals surface area contributed by atoms with Crippen molar-refractivity contribution in [3.8, 4) is 0 Å². The third kappa shape index (κ3) is 3.19. The Morgan fingerprint density at radius 3 is 2.13 bits per heavy atom. The zero-order valence-corrected chi connectivity index (χ0v) is 14.0. The van der Waals surface area contributed by atoms with E-state index in [0.717, 1.165) is 16.7 Å². The van der Waals surface area contributed by atoms with Crippen LogP contribution in [0.5, 0.6) is 0 Å². The van der Waals surface area contributed by atoms with Gasteiger partial charge in [-0.1, -0.05) is 59.1 Å². The normalized spacial score (nSPS) is 15.3. The summed E-state index contributed by atoms with van der Waals surface area (Å²) < 4.78 is 28.4. The van der Waals surface area contributed by atoms with E-state index >= 15 is 0 Å². The first-order valence-corrected chi connectivity index (χ1v) is 8.03. The second kappa shape index (κ2) is 6.46. The van der Waals surface area contributed by atoms with Gasteiger partial charge in [0.15, 0.2) is 5.83 Å². The molecule has 0 fully saturated rings. The molecule has 0 spiro atoms. The third-order valence-corrected chi connectivity index (χ3v) is 4.70. The highest BCUT2D eigenvalue weighted by Gasteiger charge is 2.25. The average Bonchev–Trinajstić information content (AvgIpc) is 2.54. The molecule has 3 rings (SSSR count). The second-order valence-corrected chi connectivity index (χ2v) is 6.38. The molecule has 1 aliphatic rings. The summed E-state index contributed by atoms with van der Waals surface area (Å²) in [4.78, 5) is 0. The summed E-state index contributed by atoms with van der Waals surface area (Å²) in [6, 6.07) is 12.6. The minimum absolute atomic E-state index is 0.0693. The van der Waals surface area contributed by atoms with Crippen LogP contribution in [-0.2, 0) is 0 Å². The van der Waals surface area contributed by atoms with Gasteiger partial charge in [0.25, 0.3) is 0 Å². The van der Waals surface area contributed by atoms with Crippen LogP contribution in [0.25, 0.3) is 11.1 Å². The van der Waals surface area contributed by atoms with Crippen molar-refractivity contribution >= 4 is 34.3 Å². The van der Waals surface area contributed by atoms with Gasteiger partial charge in [0.05, 0.1) is 10.0 Å². The van der Waals surface area contributed by atoms with Crippen LogP contribution in [0.1, 0.15) is 29.5 Å². The first-order chi connectivity index (χ1) is 11.0. The van der Waals surface area contributed by atoms with Crippen molar-refractivity contribution < 1.29 is 8.78 Å². The van der Waals surface area contributed by atoms with Crippen molar-refractivity contribution in [1.29, 1.82) is 0 Å². The summed E-state index contributed by atoms with van der Waals surface area (Å²) in [5.74, 6) is -1.54. The lowest BCUT2D eigenvalue weighted by Gasteiger charge is -2.20. The molecule has 2 aromatic rings. The van der Waals surface area contributed by atoms with Crippen LogP contribution in [0.15, 0.2) is 54.1 Å². The molecule has 0 nitrogen and oxygen atoms in total. The topological polar surface area (TPSA) is 0 Å². The minimum atomic E-state index is -0.815. The van der Waals surface area contributed by atoms with Crippen molar-refractivity contribution in [3.63, 3.8) is 0 Å². The van der Waals surface area contributed by atoms with Crippen LogP contribution < -0.4 is 0 Å². The van der Waals surface area contributed by atoms with E-state index < -0.39 is 11.7 Å². The van der Waals surface area contributed by atoms with E-state index in [1.54, 1.807) is 18.2 Å². The number of aryl methyl sites for hydroxylation is 1. The minimum Gasteiger partial charge on any atom is -0.209 e. The smallest absolute Gasteiger partial charge is 0.162 e. The molecular formula is C19H14Cl2F2. The first-order valence-electron chi connectivity index (χ1n) is 7.27. The molecule has 0 heterocycles. The molecule has 0 radical (unpaired) electrons. The Balaban J connectivity index is 2.23. The predicted octanol–water partition coefficient (Wildman–Crippen LogP) is 7.16. The summed E-state index contributed by atoms with van der Waals surface area (Å²) in [5.41, 5.74) is 3.57. The summed E-state index contributed by atoms with van der Waals surface area (Å²) in [5, 5.41) is 0.701. The van der Waals surface area contributed by atoms with E-state index in [9.17, 15) is 8.78 Å². The van der Waals surface area contributed by atoms with Gasteiger partial charge in [-0.05, 0) is 42.2 Å². The van der Waals surface area contributed by atoms with E-state index in [4.69, 9.17) is 23.2 Å². The van der Waals surface area contributed by atoms with Crippen molar-refractivity contribution in [1.82, 2.24) is 0 Å². The molecule has 0 saturated heterocycles. The fourth-order valence-electron chi connectivity index (χ4n) is 2.73. The molecule has 0 aromatic heterocycles. The van der Waals surface area contributed by atoms with Crippen molar-refractivity contribution in [2.75, 3.05) is 0 Å². The van der Waals surface area contributed by atoms with Crippen LogP contribution >= 0.6 is 23.2 Å². The maximum Gasteiger partial charge on any atom is 0.162 e. The Hall–Kier alpha value is -1.64. The Morgan fingerprint density at radius 2 is 1.48 bits per heavy atom. The highest BCUT2D eigenvalue weighted by atomic mass is 35.5. The van der Waals surface area contributed by atoms with E-state index in [-0.39, 0.29) is 12.0 Å². The van der Waals surface area contributed by atoms with E-state index in [2.05, 4.69) is 0 Å². The largest absolute Gasteiger partial charge is 0.209 e. The van der Waals surface area contributed by atoms with Gasteiger partial charge in [0.1, 0.15) is 5.83 Å². The van der Waals surface area contributed by atoms with Gasteiger partial charge >= 0.3 is 0 Å². The number of halogens is 4. The average molecular weight is 351 g/mol. The predicted molar refractivity (Wildman–Crippen MR) is 92.9 cm³/mol. The van der Waals surface area contributed by atoms with Gasteiger partial charge in [0.2, 0.25) is 0 Å². The molecule has 4 heteroatoms. The molecule has 23 heavy (non-hydrogen) atoms. The summed E-state index contributed by atoms with van der Waals surface area (Å²) in [6.07, 6.45) is 0.512. The Morgan fingerprint density at radius 1 is 0.826 bits per heavy atom. The number of benzene rings is 2. The standard InChI is InChI=1S/C19H14Cl2F2/c1-11-2-4-12(5-3-11)14-7-9-17(22)19(23)18(14)13-6-8-15(20)16(21)10-13/h2-6,8,10H,7,9H2,1H3. The van der Waals surface area contributed by atoms with Crippen LogP contribution in [-0.4, -0.2) is 0 Å². The van der Waals surface area contributed by atoms with Gasteiger partial charge < -0.3 is 0 Å². The van der Waals surface area contributed by atoms with Gasteiger partial charge in [0, 0.05) is 12.0 Å².